The Kier molecular flexibility index (Phi) is 5.08. The minimum absolute atomic E-state index is 0.150. The molecule has 6 nitrogen and oxygen atoms in total. The van der Waals surface area contributed by atoms with E-state index in [4.69, 9.17) is 5.11 Å². The van der Waals surface area contributed by atoms with Gasteiger partial charge in [-0.3, -0.25) is 4.79 Å². The number of rotatable bonds is 6. The lowest BCUT2D eigenvalue weighted by Gasteiger charge is -2.26. The second-order valence-corrected chi connectivity index (χ2v) is 5.89. The number of likely N-dealkylation sites (tertiary alicyclic amines) is 1. The molecular weight excluding hydrogens is 278 g/mol. The van der Waals surface area contributed by atoms with Crippen LogP contribution in [0.4, 0.5) is 5.13 Å². The van der Waals surface area contributed by atoms with Crippen LogP contribution in [0, 0.1) is 0 Å². The normalized spacial score (nSPS) is 16.1. The maximum atomic E-state index is 11.4. The van der Waals surface area contributed by atoms with Gasteiger partial charge < -0.3 is 15.3 Å². The Hall–Kier alpha value is -1.47. The predicted octanol–water partition coefficient (Wildman–Crippen LogP) is 1.94. The van der Waals surface area contributed by atoms with Crippen LogP contribution in [0.2, 0.25) is 0 Å². The first-order chi connectivity index (χ1) is 9.58. The molecule has 0 unspecified atom stereocenters. The van der Waals surface area contributed by atoms with Crippen molar-refractivity contribution in [3.63, 3.8) is 0 Å². The summed E-state index contributed by atoms with van der Waals surface area (Å²) < 4.78 is 0. The number of nitrogens with zero attached hydrogens (tertiary/aromatic N) is 2. The van der Waals surface area contributed by atoms with Crippen molar-refractivity contribution in [1.29, 1.82) is 0 Å². The molecule has 1 aromatic heterocycles. The predicted molar refractivity (Wildman–Crippen MR) is 77.9 cm³/mol. The van der Waals surface area contributed by atoms with Crippen molar-refractivity contribution in [1.82, 2.24) is 9.88 Å². The van der Waals surface area contributed by atoms with Gasteiger partial charge in [0.1, 0.15) is 4.88 Å². The lowest BCUT2D eigenvalue weighted by Crippen LogP contribution is -2.33. The van der Waals surface area contributed by atoms with E-state index in [0.29, 0.717) is 11.7 Å². The van der Waals surface area contributed by atoms with E-state index in [1.807, 2.05) is 0 Å². The van der Waals surface area contributed by atoms with Crippen LogP contribution in [0.15, 0.2) is 0 Å². The van der Waals surface area contributed by atoms with E-state index in [-0.39, 0.29) is 16.4 Å². The number of aromatic nitrogens is 1. The molecule has 1 saturated heterocycles. The van der Waals surface area contributed by atoms with Crippen LogP contribution in [0.5, 0.6) is 0 Å². The van der Waals surface area contributed by atoms with Gasteiger partial charge in [0.15, 0.2) is 16.6 Å². The third-order valence-corrected chi connectivity index (χ3v) is 4.42. The first kappa shape index (κ1) is 14.9. The molecule has 0 atom stereocenters. The van der Waals surface area contributed by atoms with Crippen LogP contribution in [0.25, 0.3) is 0 Å². The summed E-state index contributed by atoms with van der Waals surface area (Å²) in [6.45, 7) is 5.23. The summed E-state index contributed by atoms with van der Waals surface area (Å²) in [4.78, 5) is 29.0. The number of carboxylic acid groups (broad SMARTS) is 1. The molecule has 0 aliphatic carbocycles. The molecule has 0 radical (unpaired) electrons. The van der Waals surface area contributed by atoms with Crippen molar-refractivity contribution in [3.05, 3.63) is 10.6 Å². The molecule has 0 amide bonds. The van der Waals surface area contributed by atoms with Crippen molar-refractivity contribution < 1.29 is 14.7 Å². The highest BCUT2D eigenvalue weighted by Gasteiger charge is 2.20. The summed E-state index contributed by atoms with van der Waals surface area (Å²) in [5, 5.41) is 12.6. The zero-order valence-electron chi connectivity index (χ0n) is 11.5. The van der Waals surface area contributed by atoms with E-state index in [2.05, 4.69) is 15.2 Å². The number of hydrogen-bond acceptors (Lipinski definition) is 6. The number of Topliss-reactive ketones (excluding diaryl/α,β-unsaturated/α-hetero) is 1. The minimum Gasteiger partial charge on any atom is -0.476 e. The van der Waals surface area contributed by atoms with Gasteiger partial charge in [-0.1, -0.05) is 17.8 Å². The summed E-state index contributed by atoms with van der Waals surface area (Å²) in [6, 6.07) is 0. The largest absolute Gasteiger partial charge is 0.476 e. The van der Waals surface area contributed by atoms with Crippen LogP contribution in [-0.4, -0.2) is 52.9 Å². The minimum atomic E-state index is -1.16. The first-order valence-electron chi connectivity index (χ1n) is 6.79. The fraction of sp³-hybridized carbons (Fsp3) is 0.615. The SMILES string of the molecule is CC(=O)c1sc(NCCN2CCCCC2)nc1C(=O)O. The van der Waals surface area contributed by atoms with Crippen LogP contribution >= 0.6 is 11.3 Å². The summed E-state index contributed by atoms with van der Waals surface area (Å²) in [5.41, 5.74) is -0.150. The molecule has 7 heteroatoms. The van der Waals surface area contributed by atoms with Crippen molar-refractivity contribution in [2.24, 2.45) is 0 Å². The molecule has 1 fully saturated rings. The second-order valence-electron chi connectivity index (χ2n) is 4.89. The van der Waals surface area contributed by atoms with Gasteiger partial charge in [0, 0.05) is 20.0 Å². The number of ketones is 1. The molecule has 0 bridgehead atoms. The molecule has 20 heavy (non-hydrogen) atoms. The van der Waals surface area contributed by atoms with Crippen molar-refractivity contribution in [2.75, 3.05) is 31.5 Å². The van der Waals surface area contributed by atoms with E-state index in [1.54, 1.807) is 0 Å². The molecule has 0 spiro atoms. The average molecular weight is 297 g/mol. The molecule has 0 saturated carbocycles. The third kappa shape index (κ3) is 3.77. The van der Waals surface area contributed by atoms with Gasteiger partial charge in [-0.15, -0.1) is 0 Å². The number of piperidine rings is 1. The van der Waals surface area contributed by atoms with E-state index >= 15 is 0 Å². The van der Waals surface area contributed by atoms with Gasteiger partial charge in [0.2, 0.25) is 0 Å². The Bertz CT molecular complexity index is 464. The number of carbonyl (C=O) groups is 2. The lowest BCUT2D eigenvalue weighted by molar-refractivity contribution is 0.0687. The molecule has 2 N–H and O–H groups in total. The monoisotopic (exact) mass is 297 g/mol. The fourth-order valence-electron chi connectivity index (χ4n) is 2.28. The highest BCUT2D eigenvalue weighted by Crippen LogP contribution is 2.23. The average Bonchev–Trinajstić information content (AvgIpc) is 2.85. The van der Waals surface area contributed by atoms with Crippen LogP contribution in [0.3, 0.4) is 0 Å². The number of carboxylic acids is 1. The Morgan fingerprint density at radius 3 is 2.60 bits per heavy atom. The van der Waals surface area contributed by atoms with Gasteiger partial charge in [0.05, 0.1) is 0 Å². The number of aromatic carboxylic acids is 1. The highest BCUT2D eigenvalue weighted by molar-refractivity contribution is 7.17. The smallest absolute Gasteiger partial charge is 0.356 e. The van der Waals surface area contributed by atoms with E-state index in [1.165, 1.54) is 26.2 Å². The molecule has 2 heterocycles. The van der Waals surface area contributed by atoms with Gasteiger partial charge in [-0.2, -0.15) is 0 Å². The van der Waals surface area contributed by atoms with Crippen LogP contribution in [-0.2, 0) is 0 Å². The molecule has 1 aliphatic rings. The Morgan fingerprint density at radius 2 is 2.05 bits per heavy atom. The number of carbonyl (C=O) groups excluding carboxylic acids is 1. The van der Waals surface area contributed by atoms with Gasteiger partial charge >= 0.3 is 5.97 Å². The van der Waals surface area contributed by atoms with Gasteiger partial charge in [0.25, 0.3) is 0 Å². The zero-order chi connectivity index (χ0) is 14.5. The van der Waals surface area contributed by atoms with E-state index < -0.39 is 5.97 Å². The van der Waals surface area contributed by atoms with Gasteiger partial charge in [-0.05, 0) is 25.9 Å². The van der Waals surface area contributed by atoms with Crippen molar-refractivity contribution in [3.8, 4) is 0 Å². The van der Waals surface area contributed by atoms with E-state index in [0.717, 1.165) is 31.0 Å². The summed E-state index contributed by atoms with van der Waals surface area (Å²) >= 11 is 1.11. The third-order valence-electron chi connectivity index (χ3n) is 3.30. The quantitative estimate of drug-likeness (QED) is 0.781. The summed E-state index contributed by atoms with van der Waals surface area (Å²) in [6.07, 6.45) is 3.80. The molecule has 0 aromatic carbocycles. The summed E-state index contributed by atoms with van der Waals surface area (Å²) in [5.74, 6) is -1.42. The number of hydrogen-bond donors (Lipinski definition) is 2. The standard InChI is InChI=1S/C13H19N3O3S/c1-9(17)11-10(12(18)19)15-13(20-11)14-5-8-16-6-3-2-4-7-16/h2-8H2,1H3,(H,14,15)(H,18,19). The Morgan fingerprint density at radius 1 is 1.35 bits per heavy atom. The van der Waals surface area contributed by atoms with Gasteiger partial charge in [-0.25, -0.2) is 9.78 Å². The topological polar surface area (TPSA) is 82.5 Å². The molecular formula is C13H19N3O3S. The molecule has 110 valence electrons. The van der Waals surface area contributed by atoms with Crippen LogP contribution in [0.1, 0.15) is 46.3 Å². The highest BCUT2D eigenvalue weighted by atomic mass is 32.1. The lowest BCUT2D eigenvalue weighted by atomic mass is 10.1. The Balaban J connectivity index is 1.90. The van der Waals surface area contributed by atoms with Crippen LogP contribution < -0.4 is 5.32 Å². The van der Waals surface area contributed by atoms with Crippen molar-refractivity contribution in [2.45, 2.75) is 26.2 Å². The molecule has 1 aromatic rings. The second kappa shape index (κ2) is 6.81. The number of anilines is 1. The zero-order valence-corrected chi connectivity index (χ0v) is 12.3. The van der Waals surface area contributed by atoms with Crippen molar-refractivity contribution >= 4 is 28.2 Å². The maximum absolute atomic E-state index is 11.4. The summed E-state index contributed by atoms with van der Waals surface area (Å²) in [7, 11) is 0. The van der Waals surface area contributed by atoms with E-state index in [9.17, 15) is 9.59 Å². The molecule has 1 aliphatic heterocycles. The molecule has 2 rings (SSSR count). The first-order valence-corrected chi connectivity index (χ1v) is 7.61. The Labute approximate surface area is 121 Å². The number of thiazole rings is 1. The fourth-order valence-corrected chi connectivity index (χ4v) is 3.16. The maximum Gasteiger partial charge on any atom is 0.356 e. The number of nitrogens with one attached hydrogen (secondary N) is 1.